The van der Waals surface area contributed by atoms with Crippen LogP contribution in [-0.4, -0.2) is 25.8 Å². The first-order valence-electron chi connectivity index (χ1n) is 9.56. The molecule has 146 valence electrons. The SMILES string of the molecule is O=C(/C=C/c1cc(F)cc2c1OCOC2)Nc1ccc(N2CCCCC2)cc1. The van der Waals surface area contributed by atoms with E-state index in [1.807, 2.05) is 24.3 Å². The molecule has 0 radical (unpaired) electrons. The highest BCUT2D eigenvalue weighted by Crippen LogP contribution is 2.30. The van der Waals surface area contributed by atoms with Gasteiger partial charge in [0.25, 0.3) is 0 Å². The van der Waals surface area contributed by atoms with Crippen molar-refractivity contribution in [3.8, 4) is 5.75 Å². The van der Waals surface area contributed by atoms with Gasteiger partial charge < -0.3 is 19.7 Å². The van der Waals surface area contributed by atoms with Gasteiger partial charge in [0.1, 0.15) is 11.6 Å². The van der Waals surface area contributed by atoms with Gasteiger partial charge in [0, 0.05) is 41.7 Å². The minimum Gasteiger partial charge on any atom is -0.467 e. The molecule has 2 aromatic rings. The Hall–Kier alpha value is -2.86. The van der Waals surface area contributed by atoms with Gasteiger partial charge in [-0.05, 0) is 61.7 Å². The molecule has 0 bridgehead atoms. The first-order chi connectivity index (χ1) is 13.7. The Labute approximate surface area is 163 Å². The molecule has 0 spiro atoms. The zero-order valence-corrected chi connectivity index (χ0v) is 15.6. The lowest BCUT2D eigenvalue weighted by Gasteiger charge is -2.28. The maximum Gasteiger partial charge on any atom is 0.248 e. The zero-order chi connectivity index (χ0) is 19.3. The van der Waals surface area contributed by atoms with E-state index in [0.29, 0.717) is 23.5 Å². The summed E-state index contributed by atoms with van der Waals surface area (Å²) in [4.78, 5) is 14.6. The fourth-order valence-corrected chi connectivity index (χ4v) is 3.59. The van der Waals surface area contributed by atoms with Crippen molar-refractivity contribution in [2.24, 2.45) is 0 Å². The molecule has 4 rings (SSSR count). The molecular weight excluding hydrogens is 359 g/mol. The average molecular weight is 382 g/mol. The Bertz CT molecular complexity index is 874. The summed E-state index contributed by atoms with van der Waals surface area (Å²) in [5, 5.41) is 2.83. The van der Waals surface area contributed by atoms with Crippen molar-refractivity contribution < 1.29 is 18.7 Å². The van der Waals surface area contributed by atoms with Gasteiger partial charge in [0.15, 0.2) is 6.79 Å². The number of carbonyl (C=O) groups is 1. The Kier molecular flexibility index (Phi) is 5.58. The number of nitrogens with zero attached hydrogens (tertiary/aromatic N) is 1. The number of nitrogens with one attached hydrogen (secondary N) is 1. The first-order valence-corrected chi connectivity index (χ1v) is 9.56. The molecule has 28 heavy (non-hydrogen) atoms. The number of hydrogen-bond donors (Lipinski definition) is 1. The first kappa shape index (κ1) is 18.5. The van der Waals surface area contributed by atoms with Crippen LogP contribution < -0.4 is 15.0 Å². The molecule has 0 aliphatic carbocycles. The third kappa shape index (κ3) is 4.34. The molecule has 2 aliphatic rings. The van der Waals surface area contributed by atoms with E-state index in [1.165, 1.54) is 43.2 Å². The molecule has 0 saturated carbocycles. The number of piperidine rings is 1. The van der Waals surface area contributed by atoms with Crippen molar-refractivity contribution in [1.82, 2.24) is 0 Å². The molecule has 1 amide bonds. The van der Waals surface area contributed by atoms with Crippen LogP contribution in [0.1, 0.15) is 30.4 Å². The van der Waals surface area contributed by atoms with E-state index in [0.717, 1.165) is 18.8 Å². The molecule has 5 nitrogen and oxygen atoms in total. The topological polar surface area (TPSA) is 50.8 Å². The summed E-state index contributed by atoms with van der Waals surface area (Å²) in [5.74, 6) is -0.111. The Morgan fingerprint density at radius 3 is 2.68 bits per heavy atom. The van der Waals surface area contributed by atoms with Crippen LogP contribution in [0.2, 0.25) is 0 Å². The fourth-order valence-electron chi connectivity index (χ4n) is 3.59. The maximum atomic E-state index is 13.8. The van der Waals surface area contributed by atoms with Gasteiger partial charge in [0.2, 0.25) is 5.91 Å². The van der Waals surface area contributed by atoms with Crippen molar-refractivity contribution >= 4 is 23.4 Å². The maximum absolute atomic E-state index is 13.8. The van der Waals surface area contributed by atoms with Crippen molar-refractivity contribution in [1.29, 1.82) is 0 Å². The largest absolute Gasteiger partial charge is 0.467 e. The second-order valence-electron chi connectivity index (χ2n) is 7.01. The van der Waals surface area contributed by atoms with Crippen LogP contribution >= 0.6 is 0 Å². The molecule has 2 heterocycles. The normalized spacial score (nSPS) is 16.5. The van der Waals surface area contributed by atoms with Crippen molar-refractivity contribution in [3.05, 3.63) is 59.4 Å². The summed E-state index contributed by atoms with van der Waals surface area (Å²) in [6, 6.07) is 10.6. The second kappa shape index (κ2) is 8.44. The van der Waals surface area contributed by atoms with E-state index < -0.39 is 0 Å². The number of fused-ring (bicyclic) bond motifs is 1. The van der Waals surface area contributed by atoms with E-state index in [9.17, 15) is 9.18 Å². The van der Waals surface area contributed by atoms with Gasteiger partial charge >= 0.3 is 0 Å². The number of benzene rings is 2. The molecular formula is C22H23FN2O3. The van der Waals surface area contributed by atoms with Gasteiger partial charge in [-0.1, -0.05) is 0 Å². The van der Waals surface area contributed by atoms with E-state index >= 15 is 0 Å². The third-order valence-corrected chi connectivity index (χ3v) is 4.97. The smallest absolute Gasteiger partial charge is 0.248 e. The van der Waals surface area contributed by atoms with Gasteiger partial charge in [-0.2, -0.15) is 0 Å². The molecule has 2 aromatic carbocycles. The number of carbonyl (C=O) groups excluding carboxylic acids is 1. The second-order valence-corrected chi connectivity index (χ2v) is 7.01. The Morgan fingerprint density at radius 2 is 1.89 bits per heavy atom. The van der Waals surface area contributed by atoms with E-state index in [2.05, 4.69) is 10.2 Å². The van der Waals surface area contributed by atoms with Gasteiger partial charge in [-0.15, -0.1) is 0 Å². The van der Waals surface area contributed by atoms with Gasteiger partial charge in [-0.25, -0.2) is 4.39 Å². The van der Waals surface area contributed by atoms with Crippen molar-refractivity contribution in [2.75, 3.05) is 30.1 Å². The summed E-state index contributed by atoms with van der Waals surface area (Å²) in [6.07, 6.45) is 6.69. The van der Waals surface area contributed by atoms with Crippen LogP contribution in [0.5, 0.6) is 5.75 Å². The summed E-state index contributed by atoms with van der Waals surface area (Å²) in [5.41, 5.74) is 3.06. The number of halogens is 1. The highest BCUT2D eigenvalue weighted by Gasteiger charge is 2.16. The highest BCUT2D eigenvalue weighted by molar-refractivity contribution is 6.02. The Balaban J connectivity index is 1.41. The molecule has 1 N–H and O–H groups in total. The molecule has 6 heteroatoms. The third-order valence-electron chi connectivity index (χ3n) is 4.97. The van der Waals surface area contributed by atoms with E-state index in [4.69, 9.17) is 9.47 Å². The van der Waals surface area contributed by atoms with Crippen LogP contribution in [0.4, 0.5) is 15.8 Å². The average Bonchev–Trinajstić information content (AvgIpc) is 2.73. The minimum atomic E-state index is -0.388. The summed E-state index contributed by atoms with van der Waals surface area (Å²) in [6.45, 7) is 2.58. The standard InChI is InChI=1S/C22H23FN2O3/c23-18-12-16(22-17(13-18)14-27-15-28-22)4-9-21(26)24-19-5-7-20(8-6-19)25-10-2-1-3-11-25/h4-9,12-13H,1-3,10-11,14-15H2,(H,24,26)/b9-4+. The molecule has 0 unspecified atom stereocenters. The quantitative estimate of drug-likeness (QED) is 0.800. The molecule has 0 atom stereocenters. The zero-order valence-electron chi connectivity index (χ0n) is 15.6. The lowest BCUT2D eigenvalue weighted by atomic mass is 10.1. The van der Waals surface area contributed by atoms with Crippen molar-refractivity contribution in [2.45, 2.75) is 25.9 Å². The summed E-state index contributed by atoms with van der Waals surface area (Å²) < 4.78 is 24.4. The number of ether oxygens (including phenoxy) is 2. The van der Waals surface area contributed by atoms with E-state index in [-0.39, 0.29) is 18.5 Å². The molecule has 2 aliphatic heterocycles. The van der Waals surface area contributed by atoms with E-state index in [1.54, 1.807) is 6.08 Å². The number of hydrogen-bond acceptors (Lipinski definition) is 4. The van der Waals surface area contributed by atoms with Gasteiger partial charge in [-0.3, -0.25) is 4.79 Å². The molecule has 1 fully saturated rings. The van der Waals surface area contributed by atoms with Crippen LogP contribution in [-0.2, 0) is 16.1 Å². The molecule has 0 aromatic heterocycles. The predicted octanol–water partition coefficient (Wildman–Crippen LogP) is 4.33. The number of anilines is 2. The fraction of sp³-hybridized carbons (Fsp3) is 0.318. The predicted molar refractivity (Wildman–Crippen MR) is 107 cm³/mol. The number of rotatable bonds is 4. The monoisotopic (exact) mass is 382 g/mol. The number of amides is 1. The summed E-state index contributed by atoms with van der Waals surface area (Å²) >= 11 is 0. The van der Waals surface area contributed by atoms with Crippen LogP contribution in [0, 0.1) is 5.82 Å². The van der Waals surface area contributed by atoms with Crippen molar-refractivity contribution in [3.63, 3.8) is 0 Å². The highest BCUT2D eigenvalue weighted by atomic mass is 19.1. The lowest BCUT2D eigenvalue weighted by Crippen LogP contribution is -2.29. The minimum absolute atomic E-state index is 0.120. The Morgan fingerprint density at radius 1 is 1.11 bits per heavy atom. The van der Waals surface area contributed by atoms with Crippen LogP contribution in [0.3, 0.4) is 0 Å². The molecule has 1 saturated heterocycles. The lowest BCUT2D eigenvalue weighted by molar-refractivity contribution is -0.111. The van der Waals surface area contributed by atoms with Gasteiger partial charge in [0.05, 0.1) is 6.61 Å². The van der Waals surface area contributed by atoms with Crippen LogP contribution in [0.15, 0.2) is 42.5 Å². The summed E-state index contributed by atoms with van der Waals surface area (Å²) in [7, 11) is 0. The van der Waals surface area contributed by atoms with Crippen LogP contribution in [0.25, 0.3) is 6.08 Å².